The number of hydrogen-bond donors (Lipinski definition) is 1. The van der Waals surface area contributed by atoms with Crippen LogP contribution in [0.1, 0.15) is 19.8 Å². The Labute approximate surface area is 124 Å². The largest absolute Gasteiger partial charge is 0.480 e. The van der Waals surface area contributed by atoms with Gasteiger partial charge < -0.3 is 10.0 Å². The second-order valence-electron chi connectivity index (χ2n) is 5.16. The van der Waals surface area contributed by atoms with Crippen LogP contribution in [0, 0.1) is 10.1 Å². The number of amides is 1. The number of rotatable bonds is 6. The monoisotopic (exact) mass is 309 g/mol. The first-order chi connectivity index (χ1) is 10.3. The molecule has 0 saturated heterocycles. The van der Waals surface area contributed by atoms with Gasteiger partial charge in [-0.3, -0.25) is 24.3 Å². The van der Waals surface area contributed by atoms with E-state index in [2.05, 4.69) is 0 Å². The fourth-order valence-corrected chi connectivity index (χ4v) is 2.19. The molecule has 1 saturated carbocycles. The van der Waals surface area contributed by atoms with E-state index < -0.39 is 34.9 Å². The molecule has 118 valence electrons. The average Bonchev–Trinajstić information content (AvgIpc) is 3.25. The van der Waals surface area contributed by atoms with Crippen LogP contribution in [0.25, 0.3) is 0 Å². The minimum absolute atomic E-state index is 0.145. The fourth-order valence-electron chi connectivity index (χ4n) is 2.19. The number of nitro groups is 1. The predicted octanol–water partition coefficient (Wildman–Crippen LogP) is 0.221. The summed E-state index contributed by atoms with van der Waals surface area (Å²) in [5, 5.41) is 19.8. The zero-order valence-corrected chi connectivity index (χ0v) is 11.8. The van der Waals surface area contributed by atoms with Crippen LogP contribution < -0.4 is 5.56 Å². The normalized spacial score (nSPS) is 15.1. The quantitative estimate of drug-likeness (QED) is 0.592. The van der Waals surface area contributed by atoms with Gasteiger partial charge >= 0.3 is 5.97 Å². The van der Waals surface area contributed by atoms with Crippen molar-refractivity contribution in [1.82, 2.24) is 9.47 Å². The van der Waals surface area contributed by atoms with Crippen molar-refractivity contribution in [2.24, 2.45) is 0 Å². The smallest absolute Gasteiger partial charge is 0.326 e. The van der Waals surface area contributed by atoms with E-state index in [1.54, 1.807) is 0 Å². The van der Waals surface area contributed by atoms with Crippen molar-refractivity contribution in [3.63, 3.8) is 0 Å². The Balaban J connectivity index is 2.23. The van der Waals surface area contributed by atoms with Gasteiger partial charge in [0.1, 0.15) is 12.6 Å². The molecular weight excluding hydrogens is 294 g/mol. The summed E-state index contributed by atoms with van der Waals surface area (Å²) in [5.74, 6) is -1.67. The maximum absolute atomic E-state index is 12.3. The van der Waals surface area contributed by atoms with Gasteiger partial charge in [0.2, 0.25) is 5.91 Å². The van der Waals surface area contributed by atoms with Crippen molar-refractivity contribution in [3.8, 4) is 0 Å². The Hall–Kier alpha value is -2.71. The summed E-state index contributed by atoms with van der Waals surface area (Å²) in [5.41, 5.74) is -0.866. The summed E-state index contributed by atoms with van der Waals surface area (Å²) < 4.78 is 0.921. The first kappa shape index (κ1) is 15.7. The molecular formula is C13H15N3O6. The molecule has 1 N–H and O–H groups in total. The maximum Gasteiger partial charge on any atom is 0.326 e. The van der Waals surface area contributed by atoms with E-state index in [1.165, 1.54) is 11.8 Å². The molecule has 0 aromatic carbocycles. The highest BCUT2D eigenvalue weighted by molar-refractivity contribution is 5.83. The molecule has 9 heteroatoms. The van der Waals surface area contributed by atoms with Gasteiger partial charge in [0.05, 0.1) is 11.1 Å². The van der Waals surface area contributed by atoms with E-state index in [0.29, 0.717) is 12.8 Å². The molecule has 2 rings (SSSR count). The lowest BCUT2D eigenvalue weighted by Crippen LogP contribution is -2.46. The maximum atomic E-state index is 12.3. The van der Waals surface area contributed by atoms with Gasteiger partial charge in [0, 0.05) is 18.2 Å². The molecule has 1 aromatic rings. The Bertz CT molecular complexity index is 679. The third kappa shape index (κ3) is 3.30. The van der Waals surface area contributed by atoms with Crippen LogP contribution in [0.3, 0.4) is 0 Å². The number of hydrogen-bond acceptors (Lipinski definition) is 5. The Kier molecular flexibility index (Phi) is 4.25. The van der Waals surface area contributed by atoms with E-state index >= 15 is 0 Å². The highest BCUT2D eigenvalue weighted by Gasteiger charge is 2.38. The lowest BCUT2D eigenvalue weighted by molar-refractivity contribution is -0.385. The molecule has 0 aliphatic heterocycles. The fraction of sp³-hybridized carbons (Fsp3) is 0.462. The van der Waals surface area contributed by atoms with Gasteiger partial charge in [0.25, 0.3) is 11.2 Å². The van der Waals surface area contributed by atoms with E-state index in [4.69, 9.17) is 5.11 Å². The van der Waals surface area contributed by atoms with Crippen LogP contribution in [0.5, 0.6) is 0 Å². The number of pyridine rings is 1. The van der Waals surface area contributed by atoms with Gasteiger partial charge in [-0.15, -0.1) is 0 Å². The third-order valence-corrected chi connectivity index (χ3v) is 3.49. The highest BCUT2D eigenvalue weighted by atomic mass is 16.6. The molecule has 0 radical (unpaired) electrons. The molecule has 0 bridgehead atoms. The highest BCUT2D eigenvalue weighted by Crippen LogP contribution is 2.29. The molecule has 0 spiro atoms. The summed E-state index contributed by atoms with van der Waals surface area (Å²) in [6, 6.07) is 0.914. The minimum atomic E-state index is -1.13. The third-order valence-electron chi connectivity index (χ3n) is 3.49. The van der Waals surface area contributed by atoms with Crippen LogP contribution in [-0.4, -0.2) is 43.5 Å². The van der Waals surface area contributed by atoms with Gasteiger partial charge in [-0.25, -0.2) is 4.79 Å². The number of carbonyl (C=O) groups is 2. The van der Waals surface area contributed by atoms with Crippen molar-refractivity contribution >= 4 is 17.6 Å². The number of carboxylic acid groups (broad SMARTS) is 1. The standard InChI is InChI=1S/C13H15N3O6/c1-8(13(19)20)15(9-2-3-9)12(18)7-14-6-10(16(21)22)4-5-11(14)17/h4-6,8-9H,2-3,7H2,1H3,(H,19,20). The second kappa shape index (κ2) is 5.96. The van der Waals surface area contributed by atoms with Gasteiger partial charge in [-0.2, -0.15) is 0 Å². The molecule has 1 aliphatic rings. The second-order valence-corrected chi connectivity index (χ2v) is 5.16. The summed E-state index contributed by atoms with van der Waals surface area (Å²) >= 11 is 0. The molecule has 1 atom stereocenters. The average molecular weight is 309 g/mol. The van der Waals surface area contributed by atoms with Crippen molar-refractivity contribution < 1.29 is 19.6 Å². The van der Waals surface area contributed by atoms with Crippen LogP contribution in [-0.2, 0) is 16.1 Å². The molecule has 1 unspecified atom stereocenters. The van der Waals surface area contributed by atoms with Crippen LogP contribution in [0.2, 0.25) is 0 Å². The number of carboxylic acids is 1. The van der Waals surface area contributed by atoms with E-state index in [1.807, 2.05) is 0 Å². The first-order valence-corrected chi connectivity index (χ1v) is 6.70. The lowest BCUT2D eigenvalue weighted by Gasteiger charge is -2.26. The van der Waals surface area contributed by atoms with Gasteiger partial charge in [0.15, 0.2) is 0 Å². The molecule has 1 amide bonds. The van der Waals surface area contributed by atoms with Crippen LogP contribution in [0.15, 0.2) is 23.1 Å². The molecule has 1 aliphatic carbocycles. The molecule has 22 heavy (non-hydrogen) atoms. The minimum Gasteiger partial charge on any atom is -0.480 e. The topological polar surface area (TPSA) is 123 Å². The van der Waals surface area contributed by atoms with Crippen molar-refractivity contribution in [1.29, 1.82) is 0 Å². The Morgan fingerprint density at radius 3 is 2.64 bits per heavy atom. The number of carbonyl (C=O) groups excluding carboxylic acids is 1. The molecule has 1 aromatic heterocycles. The summed E-state index contributed by atoms with van der Waals surface area (Å²) in [7, 11) is 0. The summed E-state index contributed by atoms with van der Waals surface area (Å²) in [6.07, 6.45) is 2.41. The van der Waals surface area contributed by atoms with Crippen LogP contribution >= 0.6 is 0 Å². The zero-order valence-electron chi connectivity index (χ0n) is 11.8. The number of aromatic nitrogens is 1. The number of aliphatic carboxylic acids is 1. The van der Waals surface area contributed by atoms with E-state index in [-0.39, 0.29) is 11.7 Å². The summed E-state index contributed by atoms with van der Waals surface area (Å²) in [6.45, 7) is 0.976. The SMILES string of the molecule is CC(C(=O)O)N(C(=O)Cn1cc([N+](=O)[O-])ccc1=O)C1CC1. The Morgan fingerprint density at radius 1 is 1.50 bits per heavy atom. The molecule has 1 heterocycles. The lowest BCUT2D eigenvalue weighted by atomic mass is 10.2. The predicted molar refractivity (Wildman–Crippen MR) is 74.3 cm³/mol. The van der Waals surface area contributed by atoms with Crippen molar-refractivity contribution in [2.75, 3.05) is 0 Å². The van der Waals surface area contributed by atoms with Gasteiger partial charge in [-0.1, -0.05) is 0 Å². The van der Waals surface area contributed by atoms with E-state index in [9.17, 15) is 24.5 Å². The van der Waals surface area contributed by atoms with Crippen molar-refractivity contribution in [2.45, 2.75) is 38.4 Å². The number of nitrogens with zero attached hydrogens (tertiary/aromatic N) is 3. The van der Waals surface area contributed by atoms with Crippen LogP contribution in [0.4, 0.5) is 5.69 Å². The Morgan fingerprint density at radius 2 is 2.14 bits per heavy atom. The van der Waals surface area contributed by atoms with Gasteiger partial charge in [-0.05, 0) is 19.8 Å². The zero-order chi connectivity index (χ0) is 16.4. The molecule has 9 nitrogen and oxygen atoms in total. The summed E-state index contributed by atoms with van der Waals surface area (Å²) in [4.78, 5) is 46.4. The molecule has 1 fully saturated rings. The first-order valence-electron chi connectivity index (χ1n) is 6.70. The van der Waals surface area contributed by atoms with E-state index in [0.717, 1.165) is 22.9 Å². The van der Waals surface area contributed by atoms with Crippen molar-refractivity contribution in [3.05, 3.63) is 38.8 Å².